The highest BCUT2D eigenvalue weighted by atomic mass is 127. The van der Waals surface area contributed by atoms with E-state index in [1.54, 1.807) is 243 Å². The number of sulfone groups is 4. The lowest BCUT2D eigenvalue weighted by Gasteiger charge is -2.09. The predicted octanol–water partition coefficient (Wildman–Crippen LogP) is 14.6. The largest absolute Gasteiger partial charge is 0.475 e. The number of hydrogen-bond acceptors (Lipinski definition) is 21. The second kappa shape index (κ2) is 47.8. The van der Waals surface area contributed by atoms with Crippen LogP contribution in [0.3, 0.4) is 0 Å². The lowest BCUT2D eigenvalue weighted by molar-refractivity contribution is -0.138. The molecule has 0 radical (unpaired) electrons. The average Bonchev–Trinajstić information content (AvgIpc) is 1.68. The Hall–Kier alpha value is -15.4. The number of nitrogen functional groups attached to an aromatic ring is 3. The number of carbonyl (C=O) groups excluding carboxylic acids is 5. The number of nitrogens with two attached hydrogens (primary N) is 3. The second-order valence-corrected chi connectivity index (χ2v) is 38.5. The summed E-state index contributed by atoms with van der Waals surface area (Å²) in [5, 5.41) is 21.4. The molecular weight excluding hydrogens is 1900 g/mol. The molecule has 2 saturated carbocycles. The molecule has 133 heavy (non-hydrogen) atoms. The zero-order valence-corrected chi connectivity index (χ0v) is 77.9. The Morgan fingerprint density at radius 3 is 0.977 bits per heavy atom. The molecule has 2 fully saturated rings. The number of carboxylic acids is 1. The van der Waals surface area contributed by atoms with Crippen LogP contribution in [0.25, 0.3) is 9.69 Å². The van der Waals surface area contributed by atoms with Gasteiger partial charge in [0, 0.05) is 96.4 Å². The average molecular weight is 1990 g/mol. The Balaban J connectivity index is 0.000000205. The van der Waals surface area contributed by atoms with Gasteiger partial charge in [0.15, 0.2) is 39.3 Å². The molecule has 29 nitrogen and oxygen atoms in total. The molecule has 0 unspecified atom stereocenters. The van der Waals surface area contributed by atoms with Crippen LogP contribution in [-0.2, 0) is 91.1 Å². The number of benzene rings is 8. The molecule has 676 valence electrons. The molecule has 2 aliphatic rings. The normalized spacial score (nSPS) is 11.9. The minimum absolute atomic E-state index is 0. The van der Waals surface area contributed by atoms with Crippen molar-refractivity contribution in [3.05, 3.63) is 355 Å². The van der Waals surface area contributed by atoms with Crippen LogP contribution in [0.4, 0.5) is 46.0 Å². The van der Waals surface area contributed by atoms with Gasteiger partial charge in [-0.25, -0.2) is 71.5 Å². The van der Waals surface area contributed by atoms with Crippen molar-refractivity contribution in [2.75, 3.05) is 43.8 Å². The molecule has 0 bridgehead atoms. The van der Waals surface area contributed by atoms with Crippen molar-refractivity contribution in [3.63, 3.8) is 0 Å². The number of anilines is 8. The van der Waals surface area contributed by atoms with Crippen molar-refractivity contribution in [1.82, 2.24) is 19.9 Å². The zero-order valence-electron chi connectivity index (χ0n) is 71.6. The summed E-state index contributed by atoms with van der Waals surface area (Å²) in [6.07, 6.45) is 7.29. The third-order valence-electron chi connectivity index (χ3n) is 18.4. The van der Waals surface area contributed by atoms with Crippen LogP contribution in [0.2, 0.25) is 0 Å². The Kier molecular flexibility index (Phi) is 37.0. The maximum absolute atomic E-state index is 12.9. The van der Waals surface area contributed by atoms with Crippen LogP contribution >= 0.6 is 35.0 Å². The summed E-state index contributed by atoms with van der Waals surface area (Å²) in [6, 6.07) is 73.6. The second-order valence-electron chi connectivity index (χ2n) is 29.3. The van der Waals surface area contributed by atoms with Gasteiger partial charge in [-0.1, -0.05) is 96.5 Å². The number of nitrogens with one attached hydrogen (secondary N) is 5. The maximum atomic E-state index is 12.9. The van der Waals surface area contributed by atoms with Crippen LogP contribution in [0.1, 0.15) is 115 Å². The summed E-state index contributed by atoms with van der Waals surface area (Å²) in [5.74, 6) is 18.9. The Bertz CT molecular complexity index is 7160. The number of amides is 5. The van der Waals surface area contributed by atoms with E-state index in [-0.39, 0.29) is 79.6 Å². The van der Waals surface area contributed by atoms with E-state index in [1.165, 1.54) is 52.0 Å². The molecule has 0 spiro atoms. The zero-order chi connectivity index (χ0) is 95.8. The van der Waals surface area contributed by atoms with Crippen molar-refractivity contribution in [3.8, 4) is 47.9 Å². The van der Waals surface area contributed by atoms with Crippen LogP contribution < -0.4 is 43.8 Å². The van der Waals surface area contributed by atoms with Crippen LogP contribution in [0.15, 0.2) is 287 Å². The highest BCUT2D eigenvalue weighted by molar-refractivity contribution is 14.1. The molecule has 4 aromatic heterocycles. The number of carboxylic acid groups (broad SMARTS) is 1. The number of aliphatic carboxylic acids is 1. The van der Waals surface area contributed by atoms with Gasteiger partial charge in [0.05, 0.1) is 42.6 Å². The van der Waals surface area contributed by atoms with E-state index in [0.29, 0.717) is 138 Å². The number of rotatable bonds is 19. The van der Waals surface area contributed by atoms with Gasteiger partial charge in [0.2, 0.25) is 23.6 Å². The standard InChI is InChI=1S/C25H20N4O3S.C24H21N3O4S.C20H17N3O2S.C15H14INO3S.C9H8N2O.C5H5NO2.ClH/c1-27-25(14-15-25)24(30)29-21-6-2-4-19(16-21)17-33(31,32)22-12-9-18(10-13-22)8-11-20-5-3-7-23(26)28-20;1-17(28)25-22-7-3-5-20(15-22)16-32(30,31)23-13-10-19(11-14-23)9-12-21-6-4-8-24(27-21)26-18(2)29;21-17-4-1-3-16(13-17)14-26(24,25)19-11-8-15(9-12-19)7-10-18-5-2-6-20(22)23-18;1-11(18)17-14-4-2-3-12(9-14)10-21(19,20)15-7-5-13(16)6-8-15;1-3-8-5-4-6-9(11-8)10-7(2)12;1-6-5(2-3-5)4(7)8;/h2-7,9-10,12-13,16H,14-15,17H2,(H2,26,28)(H,29,30);3-8,10-11,13-15H,16H2,1-2H3,(H,25,28)(H,26,27,29);1-6,8-9,11-13H,14,21H2,(H2,22,23);2-9H,10H2,1H3,(H,17,18);1,4-6H,2H3,(H,10,11,12);2-3H2,(H,7,8);1H. The highest BCUT2D eigenvalue weighted by Crippen LogP contribution is 2.41. The van der Waals surface area contributed by atoms with Crippen molar-refractivity contribution >= 4 is 156 Å². The summed E-state index contributed by atoms with van der Waals surface area (Å²) in [7, 11) is -14.0. The maximum Gasteiger partial charge on any atom is 0.390 e. The van der Waals surface area contributed by atoms with E-state index >= 15 is 0 Å². The molecule has 0 aliphatic heterocycles. The van der Waals surface area contributed by atoms with Gasteiger partial charge in [0.1, 0.15) is 46.0 Å². The van der Waals surface area contributed by atoms with Crippen LogP contribution in [0, 0.1) is 64.6 Å². The first-order valence-corrected chi connectivity index (χ1v) is 47.3. The fourth-order valence-corrected chi connectivity index (χ4v) is 17.3. The SMILES string of the molecule is C#Cc1cccc(NC(C)=O)n1.CC(=O)Nc1cccc(CS(=O)(=O)c2ccc(C#Cc3cccc(NC(C)=O)n3)cc2)c1.CC(=O)Nc1cccc(CS(=O)(=O)c2ccc(I)cc2)c1.Cl.Nc1cccc(CS(=O)(=O)c2ccc(C#Cc3cccc(N)n3)cc2)c1.[C-]#[N+]C1(C(=O)Nc2cccc(CS(=O)(=O)c3ccc(C#Cc4cccc(N)n4)cc3)c2)CC1.[C-]#[N+]C1(C(=O)O)CC1. The number of carbonyl (C=O) groups is 6. The third-order valence-corrected chi connectivity index (χ3v) is 25.9. The Labute approximate surface area is 791 Å². The summed E-state index contributed by atoms with van der Waals surface area (Å²) >= 11 is 2.13. The fourth-order valence-electron chi connectivity index (χ4n) is 11.6. The predicted molar refractivity (Wildman–Crippen MR) is 522 cm³/mol. The summed E-state index contributed by atoms with van der Waals surface area (Å²) in [6.45, 7) is 19.2. The van der Waals surface area contributed by atoms with Gasteiger partial charge >= 0.3 is 23.0 Å². The minimum Gasteiger partial charge on any atom is -0.475 e. The number of hydrogen-bond donors (Lipinski definition) is 9. The number of terminal acetylenes is 1. The van der Waals surface area contributed by atoms with E-state index in [4.69, 9.17) is 41.9 Å². The van der Waals surface area contributed by atoms with E-state index < -0.39 is 56.4 Å². The van der Waals surface area contributed by atoms with Gasteiger partial charge in [-0.15, -0.1) is 18.8 Å². The fraction of sp³-hybridized carbons (Fsp3) is 0.143. The van der Waals surface area contributed by atoms with Gasteiger partial charge in [-0.3, -0.25) is 33.7 Å². The smallest absolute Gasteiger partial charge is 0.390 e. The van der Waals surface area contributed by atoms with Gasteiger partial charge in [-0.2, -0.15) is 0 Å². The quantitative estimate of drug-likeness (QED) is 0.0157. The number of nitrogens with zero attached hydrogens (tertiary/aromatic N) is 6. The van der Waals surface area contributed by atoms with Crippen molar-refractivity contribution < 1.29 is 67.5 Å². The summed E-state index contributed by atoms with van der Waals surface area (Å²) in [5.41, 5.74) is 23.6. The molecule has 4 heterocycles. The molecule has 8 aromatic carbocycles. The van der Waals surface area contributed by atoms with Crippen LogP contribution in [-0.4, -0.2) is 105 Å². The van der Waals surface area contributed by atoms with Gasteiger partial charge < -0.3 is 48.9 Å². The molecular formula is C98H86ClIN14O15S4. The molecule has 2 aliphatic carbocycles. The topological polar surface area (TPSA) is 458 Å². The van der Waals surface area contributed by atoms with Crippen molar-refractivity contribution in [2.24, 2.45) is 0 Å². The number of pyridine rings is 4. The van der Waals surface area contributed by atoms with Crippen LogP contribution in [0.5, 0.6) is 0 Å². The van der Waals surface area contributed by atoms with Crippen molar-refractivity contribution in [2.45, 2.75) is 107 Å². The molecule has 0 atom stereocenters. The molecule has 5 amide bonds. The first-order valence-electron chi connectivity index (χ1n) is 39.7. The Morgan fingerprint density at radius 1 is 0.383 bits per heavy atom. The molecule has 35 heteroatoms. The first-order chi connectivity index (χ1) is 62.7. The molecule has 14 rings (SSSR count). The molecule has 12 aromatic rings. The van der Waals surface area contributed by atoms with E-state index in [2.05, 4.69) is 120 Å². The number of halogens is 2. The van der Waals surface area contributed by atoms with E-state index in [0.717, 1.165) is 3.57 Å². The monoisotopic (exact) mass is 1990 g/mol. The Morgan fingerprint density at radius 2 is 0.677 bits per heavy atom. The molecule has 0 saturated heterocycles. The molecule has 12 N–H and O–H groups in total. The lowest BCUT2D eigenvalue weighted by Crippen LogP contribution is -2.26. The van der Waals surface area contributed by atoms with E-state index in [1.807, 2.05) is 0 Å². The van der Waals surface area contributed by atoms with Gasteiger partial charge in [-0.05, 0) is 257 Å². The lowest BCUT2D eigenvalue weighted by atomic mass is 10.2. The third kappa shape index (κ3) is 33.6. The number of aromatic nitrogens is 4. The van der Waals surface area contributed by atoms with Gasteiger partial charge in [0.25, 0.3) is 0 Å². The van der Waals surface area contributed by atoms with Crippen molar-refractivity contribution in [1.29, 1.82) is 0 Å². The van der Waals surface area contributed by atoms with E-state index in [9.17, 15) is 62.4 Å². The summed E-state index contributed by atoms with van der Waals surface area (Å²) in [4.78, 5) is 90.0. The highest BCUT2D eigenvalue weighted by Gasteiger charge is 2.59. The first kappa shape index (κ1) is 103. The summed E-state index contributed by atoms with van der Waals surface area (Å²) < 4.78 is 102. The minimum atomic E-state index is -3.61.